The average Bonchev–Trinajstić information content (AvgIpc) is 2.57. The van der Waals surface area contributed by atoms with E-state index in [1.807, 2.05) is 6.92 Å². The van der Waals surface area contributed by atoms with Gasteiger partial charge in [-0.3, -0.25) is 4.79 Å². The lowest BCUT2D eigenvalue weighted by atomic mass is 10.3. The molecule has 0 saturated carbocycles. The third-order valence-corrected chi connectivity index (χ3v) is 1.91. The molecule has 0 spiro atoms. The Kier molecular flexibility index (Phi) is 3.45. The summed E-state index contributed by atoms with van der Waals surface area (Å²) in [5.74, 6) is 0.714. The van der Waals surface area contributed by atoms with E-state index in [0.29, 0.717) is 6.54 Å². The molecular weight excluding hydrogens is 178 g/mol. The van der Waals surface area contributed by atoms with Crippen LogP contribution in [0.2, 0.25) is 0 Å². The molecule has 0 fully saturated rings. The Hall–Kier alpha value is -1.58. The van der Waals surface area contributed by atoms with Gasteiger partial charge < -0.3 is 10.3 Å². The number of imidazole rings is 1. The molecule has 0 aliphatic carbocycles. The number of rotatable bonds is 4. The number of carbonyl (C=O) groups excluding carboxylic acids is 1. The molecule has 1 rings (SSSR count). The van der Waals surface area contributed by atoms with Crippen molar-refractivity contribution < 1.29 is 4.79 Å². The van der Waals surface area contributed by atoms with Crippen molar-refractivity contribution in [2.45, 2.75) is 26.8 Å². The monoisotopic (exact) mass is 193 g/mol. The fraction of sp³-hybridized carbons (Fsp3) is 0.400. The van der Waals surface area contributed by atoms with E-state index in [0.717, 1.165) is 23.6 Å². The molecule has 0 atom stereocenters. The number of H-pyrrole nitrogens is 1. The Morgan fingerprint density at radius 2 is 2.43 bits per heavy atom. The lowest BCUT2D eigenvalue weighted by molar-refractivity contribution is -0.119. The van der Waals surface area contributed by atoms with E-state index in [4.69, 9.17) is 0 Å². The fourth-order valence-electron chi connectivity index (χ4n) is 1.21. The number of nitrogens with one attached hydrogen (secondary N) is 2. The summed E-state index contributed by atoms with van der Waals surface area (Å²) < 4.78 is 0. The highest BCUT2D eigenvalue weighted by molar-refractivity contribution is 5.72. The SMILES string of the molecule is C=Cc1nc(CNC(C)=O)[nH]c1CC. The summed E-state index contributed by atoms with van der Waals surface area (Å²) >= 11 is 0. The largest absolute Gasteiger partial charge is 0.349 e. The minimum atomic E-state index is -0.0559. The van der Waals surface area contributed by atoms with Crippen LogP contribution in [0.1, 0.15) is 31.1 Å². The van der Waals surface area contributed by atoms with Crippen molar-refractivity contribution in [3.63, 3.8) is 0 Å². The van der Waals surface area contributed by atoms with Gasteiger partial charge in [0.1, 0.15) is 5.82 Å². The summed E-state index contributed by atoms with van der Waals surface area (Å²) in [5, 5.41) is 2.68. The van der Waals surface area contributed by atoms with E-state index in [-0.39, 0.29) is 5.91 Å². The van der Waals surface area contributed by atoms with Crippen LogP contribution < -0.4 is 5.32 Å². The van der Waals surface area contributed by atoms with Gasteiger partial charge in [0.15, 0.2) is 0 Å². The minimum Gasteiger partial charge on any atom is -0.349 e. The van der Waals surface area contributed by atoms with Crippen molar-refractivity contribution in [1.82, 2.24) is 15.3 Å². The highest BCUT2D eigenvalue weighted by Crippen LogP contribution is 2.08. The van der Waals surface area contributed by atoms with Gasteiger partial charge in [0, 0.05) is 12.6 Å². The van der Waals surface area contributed by atoms with Crippen LogP contribution in [0.15, 0.2) is 6.58 Å². The van der Waals surface area contributed by atoms with Gasteiger partial charge in [0.05, 0.1) is 12.2 Å². The van der Waals surface area contributed by atoms with Crippen LogP contribution in [-0.2, 0) is 17.8 Å². The Balaban J connectivity index is 2.74. The van der Waals surface area contributed by atoms with Crippen molar-refractivity contribution in [2.75, 3.05) is 0 Å². The maximum Gasteiger partial charge on any atom is 0.217 e. The maximum atomic E-state index is 10.7. The number of aromatic amines is 1. The lowest BCUT2D eigenvalue weighted by Gasteiger charge is -1.96. The van der Waals surface area contributed by atoms with E-state index in [2.05, 4.69) is 21.9 Å². The highest BCUT2D eigenvalue weighted by Gasteiger charge is 2.05. The highest BCUT2D eigenvalue weighted by atomic mass is 16.1. The summed E-state index contributed by atoms with van der Waals surface area (Å²) in [6.45, 7) is 7.65. The minimum absolute atomic E-state index is 0.0559. The number of aromatic nitrogens is 2. The third kappa shape index (κ3) is 2.45. The second kappa shape index (κ2) is 4.60. The third-order valence-electron chi connectivity index (χ3n) is 1.91. The molecule has 1 aromatic heterocycles. The molecule has 1 heterocycles. The molecular formula is C10H15N3O. The summed E-state index contributed by atoms with van der Waals surface area (Å²) in [6, 6.07) is 0. The predicted octanol–water partition coefficient (Wildman–Crippen LogP) is 1.25. The maximum absolute atomic E-state index is 10.7. The van der Waals surface area contributed by atoms with Crippen molar-refractivity contribution >= 4 is 12.0 Å². The molecule has 0 saturated heterocycles. The number of aryl methyl sites for hydroxylation is 1. The van der Waals surface area contributed by atoms with Crippen LogP contribution >= 0.6 is 0 Å². The van der Waals surface area contributed by atoms with Gasteiger partial charge in [-0.05, 0) is 12.5 Å². The molecule has 14 heavy (non-hydrogen) atoms. The van der Waals surface area contributed by atoms with Crippen LogP contribution in [0.4, 0.5) is 0 Å². The summed E-state index contributed by atoms with van der Waals surface area (Å²) in [6.07, 6.45) is 2.60. The number of amides is 1. The lowest BCUT2D eigenvalue weighted by Crippen LogP contribution is -2.19. The first-order chi connectivity index (χ1) is 6.67. The average molecular weight is 193 g/mol. The molecule has 0 aromatic carbocycles. The van der Waals surface area contributed by atoms with Crippen molar-refractivity contribution in [3.05, 3.63) is 23.8 Å². The van der Waals surface area contributed by atoms with Gasteiger partial charge in [0.2, 0.25) is 5.91 Å². The van der Waals surface area contributed by atoms with E-state index in [1.54, 1.807) is 6.08 Å². The Morgan fingerprint density at radius 1 is 1.71 bits per heavy atom. The van der Waals surface area contributed by atoms with Crippen LogP contribution in [0.25, 0.3) is 6.08 Å². The van der Waals surface area contributed by atoms with E-state index < -0.39 is 0 Å². The van der Waals surface area contributed by atoms with E-state index >= 15 is 0 Å². The zero-order valence-corrected chi connectivity index (χ0v) is 8.55. The molecule has 0 radical (unpaired) electrons. The van der Waals surface area contributed by atoms with Crippen molar-refractivity contribution in [3.8, 4) is 0 Å². The summed E-state index contributed by atoms with van der Waals surface area (Å²) in [4.78, 5) is 18.1. The van der Waals surface area contributed by atoms with E-state index in [9.17, 15) is 4.79 Å². The van der Waals surface area contributed by atoms with Gasteiger partial charge in [-0.1, -0.05) is 13.5 Å². The Bertz CT molecular complexity index is 341. The first-order valence-electron chi connectivity index (χ1n) is 4.62. The molecule has 0 aliphatic heterocycles. The van der Waals surface area contributed by atoms with Crippen LogP contribution in [0.5, 0.6) is 0 Å². The number of nitrogens with zero attached hydrogens (tertiary/aromatic N) is 1. The molecule has 0 unspecified atom stereocenters. The molecule has 1 aromatic rings. The van der Waals surface area contributed by atoms with Gasteiger partial charge in [-0.2, -0.15) is 0 Å². The summed E-state index contributed by atoms with van der Waals surface area (Å²) in [7, 11) is 0. The molecule has 4 heteroatoms. The Morgan fingerprint density at radius 3 is 2.86 bits per heavy atom. The van der Waals surface area contributed by atoms with Gasteiger partial charge >= 0.3 is 0 Å². The second-order valence-electron chi connectivity index (χ2n) is 3.01. The molecule has 4 nitrogen and oxygen atoms in total. The smallest absolute Gasteiger partial charge is 0.217 e. The second-order valence-corrected chi connectivity index (χ2v) is 3.01. The number of carbonyl (C=O) groups is 1. The van der Waals surface area contributed by atoms with E-state index in [1.165, 1.54) is 6.92 Å². The Labute approximate surface area is 83.4 Å². The zero-order chi connectivity index (χ0) is 10.6. The van der Waals surface area contributed by atoms with Crippen LogP contribution in [0.3, 0.4) is 0 Å². The normalized spacial score (nSPS) is 9.86. The first-order valence-corrected chi connectivity index (χ1v) is 4.62. The van der Waals surface area contributed by atoms with Crippen molar-refractivity contribution in [1.29, 1.82) is 0 Å². The molecule has 0 bridgehead atoms. The fourth-order valence-corrected chi connectivity index (χ4v) is 1.21. The quantitative estimate of drug-likeness (QED) is 0.756. The first kappa shape index (κ1) is 10.5. The predicted molar refractivity (Wildman–Crippen MR) is 55.6 cm³/mol. The van der Waals surface area contributed by atoms with Crippen molar-refractivity contribution in [2.24, 2.45) is 0 Å². The number of hydrogen-bond donors (Lipinski definition) is 2. The molecule has 1 amide bonds. The van der Waals surface area contributed by atoms with Crippen LogP contribution in [0, 0.1) is 0 Å². The van der Waals surface area contributed by atoms with Gasteiger partial charge in [-0.15, -0.1) is 0 Å². The molecule has 76 valence electrons. The molecule has 2 N–H and O–H groups in total. The van der Waals surface area contributed by atoms with Crippen LogP contribution in [-0.4, -0.2) is 15.9 Å². The molecule has 0 aliphatic rings. The topological polar surface area (TPSA) is 57.8 Å². The summed E-state index contributed by atoms with van der Waals surface area (Å²) in [5.41, 5.74) is 1.92. The standard InChI is InChI=1S/C10H15N3O/c1-4-8-9(5-2)13-10(12-8)6-11-7(3)14/h4H,1,5-6H2,2-3H3,(H,11,14)(H,12,13). The number of hydrogen-bond acceptors (Lipinski definition) is 2. The van der Waals surface area contributed by atoms with Gasteiger partial charge in [-0.25, -0.2) is 4.98 Å². The zero-order valence-electron chi connectivity index (χ0n) is 8.55. The van der Waals surface area contributed by atoms with Gasteiger partial charge in [0.25, 0.3) is 0 Å².